The van der Waals surface area contributed by atoms with E-state index in [1.807, 2.05) is 11.6 Å². The summed E-state index contributed by atoms with van der Waals surface area (Å²) in [4.78, 5) is 2.31. The fourth-order valence-electron chi connectivity index (χ4n) is 2.01. The number of aryl methyl sites for hydroxylation is 2. The second kappa shape index (κ2) is 7.12. The monoisotopic (exact) mass is 273 g/mol. The summed E-state index contributed by atoms with van der Waals surface area (Å²) in [6.07, 6.45) is 0.787. The van der Waals surface area contributed by atoms with E-state index in [1.54, 1.807) is 0 Å². The first-order valence-electron chi connectivity index (χ1n) is 6.57. The molecule has 1 aromatic heterocycles. The Morgan fingerprint density at radius 2 is 2.11 bits per heavy atom. The normalized spacial score (nSPS) is 11.8. The quantitative estimate of drug-likeness (QED) is 0.830. The van der Waals surface area contributed by atoms with Crippen molar-refractivity contribution in [3.05, 3.63) is 16.4 Å². The lowest BCUT2D eigenvalue weighted by molar-refractivity contribution is 0.180. The zero-order chi connectivity index (χ0) is 13.7. The minimum Gasteiger partial charge on any atom is -0.396 e. The molecule has 0 aliphatic carbocycles. The minimum absolute atomic E-state index is 0.225. The Balaban J connectivity index is 2.85. The van der Waals surface area contributed by atoms with E-state index in [4.69, 9.17) is 16.7 Å². The van der Waals surface area contributed by atoms with Crippen LogP contribution in [0.25, 0.3) is 0 Å². The van der Waals surface area contributed by atoms with Crippen LogP contribution < -0.4 is 0 Å². The van der Waals surface area contributed by atoms with Gasteiger partial charge in [0.2, 0.25) is 0 Å². The highest BCUT2D eigenvalue weighted by molar-refractivity contribution is 6.31. The molecule has 0 amide bonds. The molecule has 4 nitrogen and oxygen atoms in total. The van der Waals surface area contributed by atoms with Gasteiger partial charge in [-0.05, 0) is 34.1 Å². The van der Waals surface area contributed by atoms with Gasteiger partial charge in [0.1, 0.15) is 0 Å². The van der Waals surface area contributed by atoms with Crippen molar-refractivity contribution in [1.29, 1.82) is 0 Å². The van der Waals surface area contributed by atoms with Gasteiger partial charge in [-0.2, -0.15) is 5.10 Å². The predicted octanol–water partition coefficient (Wildman–Crippen LogP) is 2.46. The molecule has 0 aromatic carbocycles. The SMILES string of the molecule is CCn1nc(C)c(Cl)c1CN(CCCO)C(C)C. The van der Waals surface area contributed by atoms with Crippen molar-refractivity contribution >= 4 is 11.6 Å². The molecule has 1 N–H and O–H groups in total. The molecule has 0 atom stereocenters. The summed E-state index contributed by atoms with van der Waals surface area (Å²) in [5, 5.41) is 14.2. The van der Waals surface area contributed by atoms with Gasteiger partial charge >= 0.3 is 0 Å². The highest BCUT2D eigenvalue weighted by Crippen LogP contribution is 2.22. The van der Waals surface area contributed by atoms with Gasteiger partial charge in [-0.25, -0.2) is 0 Å². The topological polar surface area (TPSA) is 41.3 Å². The standard InChI is InChI=1S/C13H24ClN3O/c1-5-17-12(13(14)11(4)15-17)9-16(10(2)3)7-6-8-18/h10,18H,5-9H2,1-4H3. The average Bonchev–Trinajstić information content (AvgIpc) is 2.61. The van der Waals surface area contributed by atoms with Gasteiger partial charge in [0.15, 0.2) is 0 Å². The third-order valence-electron chi connectivity index (χ3n) is 3.14. The number of aromatic nitrogens is 2. The molecule has 0 aliphatic rings. The zero-order valence-corrected chi connectivity index (χ0v) is 12.5. The van der Waals surface area contributed by atoms with Gasteiger partial charge in [-0.15, -0.1) is 0 Å². The van der Waals surface area contributed by atoms with Gasteiger partial charge in [0.25, 0.3) is 0 Å². The fraction of sp³-hybridized carbons (Fsp3) is 0.769. The van der Waals surface area contributed by atoms with Crippen molar-refractivity contribution in [2.45, 2.75) is 53.2 Å². The Labute approximate surface area is 115 Å². The second-order valence-corrected chi connectivity index (χ2v) is 5.18. The van der Waals surface area contributed by atoms with Crippen LogP contribution in [-0.4, -0.2) is 39.0 Å². The van der Waals surface area contributed by atoms with Crippen LogP contribution in [0, 0.1) is 6.92 Å². The number of nitrogens with zero attached hydrogens (tertiary/aromatic N) is 3. The van der Waals surface area contributed by atoms with Crippen LogP contribution in [0.2, 0.25) is 5.02 Å². The Morgan fingerprint density at radius 1 is 1.44 bits per heavy atom. The summed E-state index contributed by atoms with van der Waals surface area (Å²) < 4.78 is 1.96. The van der Waals surface area contributed by atoms with Crippen molar-refractivity contribution < 1.29 is 5.11 Å². The molecule has 1 aromatic rings. The Morgan fingerprint density at radius 3 is 2.61 bits per heavy atom. The lowest BCUT2D eigenvalue weighted by Crippen LogP contribution is -2.32. The largest absolute Gasteiger partial charge is 0.396 e. The van der Waals surface area contributed by atoms with Gasteiger partial charge < -0.3 is 5.11 Å². The molecular formula is C13H24ClN3O. The molecule has 0 spiro atoms. The number of hydrogen-bond donors (Lipinski definition) is 1. The van der Waals surface area contributed by atoms with Crippen molar-refractivity contribution in [3.63, 3.8) is 0 Å². The Bertz CT molecular complexity index is 377. The number of aliphatic hydroxyl groups excluding tert-OH is 1. The summed E-state index contributed by atoms with van der Waals surface area (Å²) in [6.45, 7) is 11.0. The van der Waals surface area contributed by atoms with E-state index in [0.29, 0.717) is 6.04 Å². The molecule has 104 valence electrons. The average molecular weight is 274 g/mol. The fourth-order valence-corrected chi connectivity index (χ4v) is 2.20. The maximum Gasteiger partial charge on any atom is 0.0860 e. The first-order chi connectivity index (χ1) is 8.51. The van der Waals surface area contributed by atoms with Crippen LogP contribution in [0.3, 0.4) is 0 Å². The third kappa shape index (κ3) is 3.70. The molecule has 18 heavy (non-hydrogen) atoms. The van der Waals surface area contributed by atoms with Gasteiger partial charge in [-0.1, -0.05) is 11.6 Å². The van der Waals surface area contributed by atoms with Crippen LogP contribution in [0.15, 0.2) is 0 Å². The Hall–Kier alpha value is -0.580. The summed E-state index contributed by atoms with van der Waals surface area (Å²) in [7, 11) is 0. The molecular weight excluding hydrogens is 250 g/mol. The van der Waals surface area contributed by atoms with Crippen molar-refractivity contribution in [1.82, 2.24) is 14.7 Å². The maximum atomic E-state index is 8.95. The van der Waals surface area contributed by atoms with Gasteiger partial charge in [0.05, 0.1) is 16.4 Å². The third-order valence-corrected chi connectivity index (χ3v) is 3.63. The molecule has 0 unspecified atom stereocenters. The maximum absolute atomic E-state index is 8.95. The van der Waals surface area contributed by atoms with E-state index in [1.165, 1.54) is 0 Å². The van der Waals surface area contributed by atoms with Crippen molar-refractivity contribution in [2.24, 2.45) is 0 Å². The summed E-state index contributed by atoms with van der Waals surface area (Å²) in [6, 6.07) is 0.424. The molecule has 1 heterocycles. The van der Waals surface area contributed by atoms with E-state index in [0.717, 1.165) is 42.5 Å². The lowest BCUT2D eigenvalue weighted by atomic mass is 10.2. The predicted molar refractivity (Wildman–Crippen MR) is 74.9 cm³/mol. The smallest absolute Gasteiger partial charge is 0.0860 e. The van der Waals surface area contributed by atoms with Gasteiger partial charge in [-0.3, -0.25) is 9.58 Å². The lowest BCUT2D eigenvalue weighted by Gasteiger charge is -2.26. The molecule has 0 bridgehead atoms. The van der Waals surface area contributed by atoms with Crippen LogP contribution in [-0.2, 0) is 13.1 Å². The summed E-state index contributed by atoms with van der Waals surface area (Å²) in [5.41, 5.74) is 1.96. The van der Waals surface area contributed by atoms with Crippen LogP contribution in [0.5, 0.6) is 0 Å². The molecule has 5 heteroatoms. The molecule has 0 fully saturated rings. The van der Waals surface area contributed by atoms with Crippen LogP contribution in [0.1, 0.15) is 38.6 Å². The number of hydrogen-bond acceptors (Lipinski definition) is 3. The van der Waals surface area contributed by atoms with E-state index in [-0.39, 0.29) is 6.61 Å². The van der Waals surface area contributed by atoms with Crippen LogP contribution >= 0.6 is 11.6 Å². The molecule has 0 saturated heterocycles. The molecule has 0 saturated carbocycles. The highest BCUT2D eigenvalue weighted by atomic mass is 35.5. The summed E-state index contributed by atoms with van der Waals surface area (Å²) in [5.74, 6) is 0. The highest BCUT2D eigenvalue weighted by Gasteiger charge is 2.17. The van der Waals surface area contributed by atoms with Crippen molar-refractivity contribution in [3.8, 4) is 0 Å². The van der Waals surface area contributed by atoms with E-state index in [2.05, 4.69) is 30.8 Å². The van der Waals surface area contributed by atoms with E-state index < -0.39 is 0 Å². The Kier molecular flexibility index (Phi) is 6.12. The number of rotatable bonds is 7. The van der Waals surface area contributed by atoms with Crippen LogP contribution in [0.4, 0.5) is 0 Å². The number of aliphatic hydroxyl groups is 1. The molecule has 0 radical (unpaired) electrons. The van der Waals surface area contributed by atoms with Gasteiger partial charge in [0, 0.05) is 32.3 Å². The zero-order valence-electron chi connectivity index (χ0n) is 11.8. The first-order valence-corrected chi connectivity index (χ1v) is 6.95. The number of halogens is 1. The molecule has 1 rings (SSSR count). The van der Waals surface area contributed by atoms with Crippen molar-refractivity contribution in [2.75, 3.05) is 13.2 Å². The first kappa shape index (κ1) is 15.5. The van der Waals surface area contributed by atoms with E-state index in [9.17, 15) is 0 Å². The van der Waals surface area contributed by atoms with E-state index >= 15 is 0 Å². The summed E-state index contributed by atoms with van der Waals surface area (Å²) >= 11 is 6.32. The minimum atomic E-state index is 0.225. The molecule has 0 aliphatic heterocycles. The second-order valence-electron chi connectivity index (χ2n) is 4.80.